The maximum atomic E-state index is 13.0. The summed E-state index contributed by atoms with van der Waals surface area (Å²) in [5.41, 5.74) is 0.588. The number of nitrogens with zero attached hydrogens (tertiary/aromatic N) is 3. The van der Waals surface area contributed by atoms with Gasteiger partial charge in [0.2, 0.25) is 0 Å². The minimum atomic E-state index is -0.191. The average Bonchev–Trinajstić information content (AvgIpc) is 3.34. The van der Waals surface area contributed by atoms with E-state index in [9.17, 15) is 4.79 Å². The van der Waals surface area contributed by atoms with Crippen molar-refractivity contribution in [1.29, 1.82) is 0 Å². The van der Waals surface area contributed by atoms with Gasteiger partial charge in [-0.05, 0) is 32.3 Å². The fourth-order valence-electron chi connectivity index (χ4n) is 3.16. The van der Waals surface area contributed by atoms with E-state index in [1.165, 1.54) is 4.57 Å². The van der Waals surface area contributed by atoms with Gasteiger partial charge in [0.05, 0.1) is 7.11 Å². The number of hydrogen-bond acceptors (Lipinski definition) is 5. The van der Waals surface area contributed by atoms with Gasteiger partial charge in [0, 0.05) is 18.5 Å². The molecule has 0 bridgehead atoms. The molecule has 1 aliphatic carbocycles. The van der Waals surface area contributed by atoms with E-state index in [1.54, 1.807) is 19.3 Å². The number of imidazole rings is 1. The molecule has 0 radical (unpaired) electrons. The molecule has 2 aromatic heterocycles. The topological polar surface area (TPSA) is 82.0 Å². The number of hydrogen-bond donors (Lipinski definition) is 1. The molecule has 0 amide bonds. The Kier molecular flexibility index (Phi) is 6.13. The van der Waals surface area contributed by atoms with Crippen LogP contribution in [0.5, 0.6) is 6.01 Å². The molecule has 0 atom stereocenters. The van der Waals surface area contributed by atoms with Crippen molar-refractivity contribution in [2.24, 2.45) is 0 Å². The number of nitrogens with one attached hydrogen (secondary N) is 1. The molecule has 0 unspecified atom stereocenters. The third kappa shape index (κ3) is 4.08. The molecule has 1 N–H and O–H groups in total. The summed E-state index contributed by atoms with van der Waals surface area (Å²) in [7, 11) is 1.57. The Bertz CT molecular complexity index is 1000. The number of fused-ring (bicyclic) bond motifs is 1. The van der Waals surface area contributed by atoms with E-state index in [-0.39, 0.29) is 17.5 Å². The molecule has 28 heavy (non-hydrogen) atoms. The van der Waals surface area contributed by atoms with Crippen molar-refractivity contribution >= 4 is 11.2 Å². The highest BCUT2D eigenvalue weighted by Crippen LogP contribution is 2.28. The molecule has 148 valence electrons. The second-order valence-electron chi connectivity index (χ2n) is 6.63. The monoisotopic (exact) mass is 382 g/mol. The Balaban J connectivity index is 1.99. The number of ether oxygens (including phenoxy) is 2. The van der Waals surface area contributed by atoms with Gasteiger partial charge in [-0.3, -0.25) is 9.36 Å². The summed E-state index contributed by atoms with van der Waals surface area (Å²) in [5, 5.41) is 0. The normalized spacial score (nSPS) is 15.0. The summed E-state index contributed by atoms with van der Waals surface area (Å²) in [6.45, 7) is 8.26. The van der Waals surface area contributed by atoms with Crippen molar-refractivity contribution in [2.75, 3.05) is 7.11 Å². The van der Waals surface area contributed by atoms with E-state index in [4.69, 9.17) is 9.47 Å². The summed E-state index contributed by atoms with van der Waals surface area (Å²) in [4.78, 5) is 25.2. The molecule has 7 nitrogen and oxygen atoms in total. The Labute approximate surface area is 164 Å². The van der Waals surface area contributed by atoms with Gasteiger partial charge < -0.3 is 14.5 Å². The van der Waals surface area contributed by atoms with Gasteiger partial charge in [-0.15, -0.1) is 0 Å². The number of aromatic amines is 1. The van der Waals surface area contributed by atoms with Crippen LogP contribution in [-0.4, -0.2) is 26.6 Å². The SMILES string of the molecule is C=C(/C=C(\C=C/C)OC)Oc1nc2nc(C3CC=CC3)[nH]c2c(=O)n1CCC. The van der Waals surface area contributed by atoms with Crippen molar-refractivity contribution in [2.45, 2.75) is 45.6 Å². The standard InChI is InChI=1S/C21H26N4O3/c1-5-9-16(27-4)13-14(3)28-21-24-19-17(20(26)25(21)12-6-2)22-18(23-19)15-10-7-8-11-15/h5,7-9,13,15H,3,6,10-12H2,1-2,4H3,(H,22,23)/b9-5-,16-13+. The molecule has 2 aromatic rings. The fraction of sp³-hybridized carbons (Fsp3) is 0.381. The maximum Gasteiger partial charge on any atom is 0.306 e. The molecule has 0 aliphatic heterocycles. The van der Waals surface area contributed by atoms with E-state index < -0.39 is 0 Å². The lowest BCUT2D eigenvalue weighted by molar-refractivity contribution is 0.301. The molecular weight excluding hydrogens is 356 g/mol. The van der Waals surface area contributed by atoms with Gasteiger partial charge in [-0.1, -0.05) is 31.7 Å². The highest BCUT2D eigenvalue weighted by Gasteiger charge is 2.21. The lowest BCUT2D eigenvalue weighted by Gasteiger charge is -2.12. The Morgan fingerprint density at radius 3 is 2.79 bits per heavy atom. The smallest absolute Gasteiger partial charge is 0.306 e. The van der Waals surface area contributed by atoms with Crippen LogP contribution in [0, 0.1) is 0 Å². The van der Waals surface area contributed by atoms with Gasteiger partial charge in [0.15, 0.2) is 11.2 Å². The van der Waals surface area contributed by atoms with Crippen LogP contribution in [0.4, 0.5) is 0 Å². The molecule has 0 saturated carbocycles. The van der Waals surface area contributed by atoms with E-state index in [2.05, 4.69) is 33.7 Å². The molecule has 0 saturated heterocycles. The largest absolute Gasteiger partial charge is 0.497 e. The lowest BCUT2D eigenvalue weighted by atomic mass is 10.1. The minimum absolute atomic E-state index is 0.180. The third-order valence-electron chi connectivity index (χ3n) is 4.53. The van der Waals surface area contributed by atoms with Gasteiger partial charge in [-0.2, -0.15) is 4.98 Å². The van der Waals surface area contributed by atoms with E-state index in [1.807, 2.05) is 19.9 Å². The number of allylic oxidation sites excluding steroid dienone is 5. The summed E-state index contributed by atoms with van der Waals surface area (Å²) >= 11 is 0. The van der Waals surface area contributed by atoms with Gasteiger partial charge in [0.25, 0.3) is 5.56 Å². The summed E-state index contributed by atoms with van der Waals surface area (Å²) in [6, 6.07) is 0.180. The Hall–Kier alpha value is -3.09. The highest BCUT2D eigenvalue weighted by atomic mass is 16.5. The zero-order valence-electron chi connectivity index (χ0n) is 16.6. The van der Waals surface area contributed by atoms with Crippen molar-refractivity contribution in [3.05, 3.63) is 64.7 Å². The number of aromatic nitrogens is 4. The number of H-pyrrole nitrogens is 1. The average molecular weight is 382 g/mol. The predicted octanol–water partition coefficient (Wildman–Crippen LogP) is 3.96. The van der Waals surface area contributed by atoms with Crippen LogP contribution in [0.3, 0.4) is 0 Å². The molecule has 1 aliphatic rings. The highest BCUT2D eigenvalue weighted by molar-refractivity contribution is 5.70. The lowest BCUT2D eigenvalue weighted by Crippen LogP contribution is -2.23. The number of methoxy groups -OCH3 is 1. The zero-order chi connectivity index (χ0) is 20.1. The first-order chi connectivity index (χ1) is 13.6. The first-order valence-electron chi connectivity index (χ1n) is 9.47. The molecule has 2 heterocycles. The van der Waals surface area contributed by atoms with Gasteiger partial charge in [-0.25, -0.2) is 4.98 Å². The van der Waals surface area contributed by atoms with Crippen LogP contribution in [0.15, 0.2) is 53.3 Å². The predicted molar refractivity (Wildman–Crippen MR) is 109 cm³/mol. The van der Waals surface area contributed by atoms with Crippen molar-refractivity contribution in [1.82, 2.24) is 19.5 Å². The van der Waals surface area contributed by atoms with E-state index in [0.717, 1.165) is 25.1 Å². The Morgan fingerprint density at radius 2 is 2.14 bits per heavy atom. The fourth-order valence-corrected chi connectivity index (χ4v) is 3.16. The zero-order valence-corrected chi connectivity index (χ0v) is 16.6. The van der Waals surface area contributed by atoms with Crippen LogP contribution in [0.1, 0.15) is 44.9 Å². The second-order valence-corrected chi connectivity index (χ2v) is 6.63. The Morgan fingerprint density at radius 1 is 1.39 bits per heavy atom. The molecular formula is C21H26N4O3. The maximum absolute atomic E-state index is 13.0. The van der Waals surface area contributed by atoms with Crippen LogP contribution < -0.4 is 10.3 Å². The van der Waals surface area contributed by atoms with Crippen LogP contribution in [0.25, 0.3) is 11.2 Å². The molecule has 0 fully saturated rings. The second kappa shape index (κ2) is 8.73. The van der Waals surface area contributed by atoms with E-state index >= 15 is 0 Å². The molecule has 0 aromatic carbocycles. The molecule has 7 heteroatoms. The first-order valence-corrected chi connectivity index (χ1v) is 9.47. The quantitative estimate of drug-likeness (QED) is 0.424. The van der Waals surface area contributed by atoms with Crippen LogP contribution in [0.2, 0.25) is 0 Å². The number of rotatable bonds is 8. The molecule has 3 rings (SSSR count). The van der Waals surface area contributed by atoms with Crippen molar-refractivity contribution in [3.63, 3.8) is 0 Å². The minimum Gasteiger partial charge on any atom is -0.497 e. The van der Waals surface area contributed by atoms with Crippen LogP contribution >= 0.6 is 0 Å². The molecule has 0 spiro atoms. The first kappa shape index (κ1) is 19.7. The van der Waals surface area contributed by atoms with Gasteiger partial charge >= 0.3 is 6.01 Å². The summed E-state index contributed by atoms with van der Waals surface area (Å²) in [6.07, 6.45) is 12.1. The summed E-state index contributed by atoms with van der Waals surface area (Å²) in [5.74, 6) is 1.97. The van der Waals surface area contributed by atoms with Crippen LogP contribution in [-0.2, 0) is 11.3 Å². The van der Waals surface area contributed by atoms with Gasteiger partial charge in [0.1, 0.15) is 17.3 Å². The van der Waals surface area contributed by atoms with Crippen molar-refractivity contribution in [3.8, 4) is 6.01 Å². The van der Waals surface area contributed by atoms with Crippen molar-refractivity contribution < 1.29 is 9.47 Å². The van der Waals surface area contributed by atoms with E-state index in [0.29, 0.717) is 29.2 Å². The third-order valence-corrected chi connectivity index (χ3v) is 4.53. The summed E-state index contributed by atoms with van der Waals surface area (Å²) < 4.78 is 12.6.